The minimum Gasteiger partial charge on any atom is -0.769 e. The Kier molecular flexibility index (Phi) is 7.56. The van der Waals surface area contributed by atoms with E-state index in [2.05, 4.69) is 66.5 Å². The lowest BCUT2D eigenvalue weighted by Gasteiger charge is -2.24. The highest BCUT2D eigenvalue weighted by atomic mass is 32.2. The van der Waals surface area contributed by atoms with E-state index in [0.717, 1.165) is 35.6 Å². The van der Waals surface area contributed by atoms with E-state index in [1.54, 1.807) is 23.1 Å². The number of hydrogen-bond donors (Lipinski definition) is 1. The Labute approximate surface area is 218 Å². The molecule has 0 bridgehead atoms. The first-order valence-electron chi connectivity index (χ1n) is 12.3. The van der Waals surface area contributed by atoms with Gasteiger partial charge in [0.2, 0.25) is 0 Å². The monoisotopic (exact) mass is 521 g/mol. The third-order valence-electron chi connectivity index (χ3n) is 5.82. The number of hydrogen-bond acceptors (Lipinski definition) is 8. The van der Waals surface area contributed by atoms with Crippen molar-refractivity contribution < 1.29 is 8.76 Å². The zero-order valence-electron chi connectivity index (χ0n) is 22.3. The maximum atomic E-state index is 11.6. The molecule has 0 aromatic carbocycles. The molecule has 0 aliphatic rings. The van der Waals surface area contributed by atoms with Crippen molar-refractivity contribution in [3.8, 4) is 11.4 Å². The molecule has 4 rings (SSSR count). The molecule has 37 heavy (non-hydrogen) atoms. The first-order chi connectivity index (χ1) is 17.5. The number of H-pyrrole nitrogens is 1. The molecule has 10 nitrogen and oxygen atoms in total. The van der Waals surface area contributed by atoms with Gasteiger partial charge in [-0.3, -0.25) is 19.3 Å². The average molecular weight is 522 g/mol. The van der Waals surface area contributed by atoms with Crippen LogP contribution in [0.1, 0.15) is 52.9 Å². The molecule has 11 heteroatoms. The van der Waals surface area contributed by atoms with E-state index >= 15 is 0 Å². The summed E-state index contributed by atoms with van der Waals surface area (Å²) in [4.78, 5) is 25.4. The van der Waals surface area contributed by atoms with Gasteiger partial charge in [-0.15, -0.1) is 0 Å². The second-order valence-corrected chi connectivity index (χ2v) is 11.2. The number of anilines is 1. The van der Waals surface area contributed by atoms with Crippen molar-refractivity contribution in [1.29, 1.82) is 0 Å². The Hall–Kier alpha value is -3.44. The van der Waals surface area contributed by atoms with Gasteiger partial charge in [-0.1, -0.05) is 34.6 Å². The maximum Gasteiger partial charge on any atom is 0.180 e. The van der Waals surface area contributed by atoms with Gasteiger partial charge in [0, 0.05) is 30.1 Å². The zero-order chi connectivity index (χ0) is 26.9. The number of fused-ring (bicyclic) bond motifs is 1. The van der Waals surface area contributed by atoms with Crippen LogP contribution in [0.25, 0.3) is 22.4 Å². The van der Waals surface area contributed by atoms with Crippen molar-refractivity contribution in [2.75, 3.05) is 18.0 Å². The Morgan fingerprint density at radius 1 is 1.19 bits per heavy atom. The first kappa shape index (κ1) is 26.6. The minimum absolute atomic E-state index is 0.304. The van der Waals surface area contributed by atoms with Crippen molar-refractivity contribution in [3.63, 3.8) is 0 Å². The summed E-state index contributed by atoms with van der Waals surface area (Å²) in [7, 11) is 0. The average Bonchev–Trinajstić information content (AvgIpc) is 3.35. The molecule has 4 aromatic rings. The van der Waals surface area contributed by atoms with E-state index in [9.17, 15) is 8.76 Å². The molecule has 1 unspecified atom stereocenters. The van der Waals surface area contributed by atoms with E-state index in [0.29, 0.717) is 39.5 Å². The molecule has 1 atom stereocenters. The summed E-state index contributed by atoms with van der Waals surface area (Å²) >= 11 is -2.45. The van der Waals surface area contributed by atoms with Crippen LogP contribution in [0.3, 0.4) is 0 Å². The molecule has 0 saturated carbocycles. The number of aromatic nitrogens is 6. The first-order valence-corrected chi connectivity index (χ1v) is 13.4. The van der Waals surface area contributed by atoms with Crippen molar-refractivity contribution in [3.05, 3.63) is 52.8 Å². The topological polar surface area (TPSA) is 127 Å². The van der Waals surface area contributed by atoms with Gasteiger partial charge >= 0.3 is 0 Å². The smallest absolute Gasteiger partial charge is 0.180 e. The quantitative estimate of drug-likeness (QED) is 0.370. The summed E-state index contributed by atoms with van der Waals surface area (Å²) in [5.41, 5.74) is 4.09. The van der Waals surface area contributed by atoms with E-state index in [1.165, 1.54) is 0 Å². The summed E-state index contributed by atoms with van der Waals surface area (Å²) in [6.07, 6.45) is 5.18. The number of pyridine rings is 1. The number of nitrogens with zero attached hydrogens (tertiary/aromatic N) is 7. The fourth-order valence-corrected chi connectivity index (χ4v) is 4.51. The number of rotatable bonds is 7. The zero-order valence-corrected chi connectivity index (χ0v) is 23.1. The Morgan fingerprint density at radius 2 is 1.95 bits per heavy atom. The van der Waals surface area contributed by atoms with E-state index in [4.69, 9.17) is 9.98 Å². The molecule has 0 amide bonds. The number of aryl methyl sites for hydroxylation is 1. The number of aromatic amines is 1. The molecular weight excluding hydrogens is 488 g/mol. The van der Waals surface area contributed by atoms with Crippen LogP contribution in [-0.2, 0) is 16.5 Å². The lowest BCUT2D eigenvalue weighted by molar-refractivity contribution is 0.549. The number of imidazole rings is 1. The summed E-state index contributed by atoms with van der Waals surface area (Å²) in [5, 5.41) is 4.94. The van der Waals surface area contributed by atoms with Gasteiger partial charge in [-0.05, 0) is 43.0 Å². The van der Waals surface area contributed by atoms with Crippen molar-refractivity contribution >= 4 is 33.6 Å². The van der Waals surface area contributed by atoms with Gasteiger partial charge in [0.15, 0.2) is 11.5 Å². The van der Waals surface area contributed by atoms with Crippen molar-refractivity contribution in [2.24, 2.45) is 10.9 Å². The number of nitrogens with one attached hydrogen (secondary N) is 1. The van der Waals surface area contributed by atoms with Gasteiger partial charge in [0.25, 0.3) is 0 Å². The molecule has 0 radical (unpaired) electrons. The van der Waals surface area contributed by atoms with Crippen LogP contribution in [0, 0.1) is 12.8 Å². The summed E-state index contributed by atoms with van der Waals surface area (Å²) in [5.74, 6) is 0.975. The molecule has 0 fully saturated rings. The van der Waals surface area contributed by atoms with Gasteiger partial charge in [-0.25, -0.2) is 19.5 Å². The van der Waals surface area contributed by atoms with Crippen molar-refractivity contribution in [1.82, 2.24) is 29.5 Å². The summed E-state index contributed by atoms with van der Waals surface area (Å²) in [6.45, 7) is 16.3. The van der Waals surface area contributed by atoms with E-state index < -0.39 is 11.1 Å². The van der Waals surface area contributed by atoms with Gasteiger partial charge in [0.05, 0.1) is 34.8 Å². The second kappa shape index (κ2) is 10.5. The SMILES string of the molecule is CCN(CC(C)C)c1ccc(N=c2/c(=C/S(=O)[O-])[nH]n3c(-c4cnc(C)cn4)c(C(C)(C)C)nc23)nc1. The highest BCUT2D eigenvalue weighted by Gasteiger charge is 2.27. The lowest BCUT2D eigenvalue weighted by atomic mass is 9.90. The van der Waals surface area contributed by atoms with Gasteiger partial charge < -0.3 is 9.45 Å². The Bertz CT molecular complexity index is 1530. The van der Waals surface area contributed by atoms with E-state index in [-0.39, 0.29) is 5.41 Å². The van der Waals surface area contributed by atoms with Gasteiger partial charge in [-0.2, -0.15) is 0 Å². The fourth-order valence-electron chi connectivity index (χ4n) is 4.15. The normalized spacial score (nSPS) is 14.2. The molecule has 1 N–H and O–H groups in total. The van der Waals surface area contributed by atoms with Crippen LogP contribution in [0.4, 0.5) is 11.5 Å². The van der Waals surface area contributed by atoms with Gasteiger partial charge in [0.1, 0.15) is 16.7 Å². The van der Waals surface area contributed by atoms with Crippen LogP contribution in [0.2, 0.25) is 0 Å². The van der Waals surface area contributed by atoms with Crippen LogP contribution in [-0.4, -0.2) is 51.4 Å². The lowest BCUT2D eigenvalue weighted by Crippen LogP contribution is -2.27. The predicted molar refractivity (Wildman–Crippen MR) is 145 cm³/mol. The molecule has 4 aromatic heterocycles. The molecule has 0 aliphatic heterocycles. The predicted octanol–water partition coefficient (Wildman–Crippen LogP) is 3.17. The molecule has 0 spiro atoms. The highest BCUT2D eigenvalue weighted by Crippen LogP contribution is 2.31. The Balaban J connectivity index is 1.94. The molecule has 4 heterocycles. The fraction of sp³-hybridized carbons (Fsp3) is 0.423. The highest BCUT2D eigenvalue weighted by molar-refractivity contribution is 7.87. The maximum absolute atomic E-state index is 11.6. The third kappa shape index (κ3) is 5.78. The molecule has 0 aliphatic carbocycles. The molecule has 196 valence electrons. The third-order valence-corrected chi connectivity index (χ3v) is 6.24. The summed E-state index contributed by atoms with van der Waals surface area (Å²) in [6, 6.07) is 3.82. The summed E-state index contributed by atoms with van der Waals surface area (Å²) < 4.78 is 25.0. The molecular formula is C26H33N8O2S-. The largest absolute Gasteiger partial charge is 0.769 e. The second-order valence-electron chi connectivity index (χ2n) is 10.4. The van der Waals surface area contributed by atoms with E-state index in [1.807, 2.05) is 19.1 Å². The Morgan fingerprint density at radius 3 is 2.49 bits per heavy atom. The molecule has 0 saturated heterocycles. The minimum atomic E-state index is -2.45. The van der Waals surface area contributed by atoms with Crippen LogP contribution < -0.4 is 15.6 Å². The van der Waals surface area contributed by atoms with Crippen molar-refractivity contribution in [2.45, 2.75) is 53.9 Å². The van der Waals surface area contributed by atoms with Crippen LogP contribution in [0.15, 0.2) is 35.7 Å². The van der Waals surface area contributed by atoms with Crippen LogP contribution in [0.5, 0.6) is 0 Å². The van der Waals surface area contributed by atoms with Crippen LogP contribution >= 0.6 is 0 Å². The standard InChI is InChI=1S/C26H34N8O2S/c1-8-33(14-16(2)3)18-9-10-21(29-12-18)30-22-20(15-37(35)36)32-34-23(19-13-27-17(4)11-28-19)24(26(5,6)7)31-25(22)34/h9-13,15-16,32H,8,14H2,1-7H3,(H,35,36)/p-1/b20-15-,30-22?.